The van der Waals surface area contributed by atoms with Crippen molar-refractivity contribution in [3.05, 3.63) is 0 Å². The number of nitrogens with one attached hydrogen (secondary N) is 1. The van der Waals surface area contributed by atoms with Gasteiger partial charge in [-0.25, -0.2) is 12.3 Å². The van der Waals surface area contributed by atoms with Gasteiger partial charge < -0.3 is 5.32 Å². The molecular weight excluding hydrogens is 223 g/mol. The number of hydrogen-bond acceptors (Lipinski definition) is 2. The molecule has 0 amide bonds. The molecule has 1 N–H and O–H groups in total. The highest BCUT2D eigenvalue weighted by Gasteiger charge is 2.35. The van der Waals surface area contributed by atoms with E-state index >= 15 is 0 Å². The summed E-state index contributed by atoms with van der Waals surface area (Å²) in [5, 5.41) is 2.72. The Hall–Kier alpha value is 0.247. The van der Waals surface area contributed by atoms with Crippen LogP contribution in [0, 0.1) is 0 Å². The predicted molar refractivity (Wildman–Crippen MR) is 52.6 cm³/mol. The third-order valence-corrected chi connectivity index (χ3v) is 3.17. The minimum Gasteiger partial charge on any atom is -0.371 e. The highest BCUT2D eigenvalue weighted by Crippen LogP contribution is 2.16. The number of rotatable bonds is 4. The molecule has 0 saturated heterocycles. The smallest absolute Gasteiger partial charge is 0.371 e. The predicted octanol–water partition coefficient (Wildman–Crippen LogP) is 2.46. The highest BCUT2D eigenvalue weighted by molar-refractivity contribution is 8.22. The maximum Gasteiger partial charge on any atom is 0.616 e. The van der Waals surface area contributed by atoms with Gasteiger partial charge in [-0.3, -0.25) is 0 Å². The van der Waals surface area contributed by atoms with E-state index in [9.17, 15) is 12.3 Å². The third kappa shape index (κ3) is 8.34. The van der Waals surface area contributed by atoms with E-state index in [1.165, 1.54) is 11.8 Å². The summed E-state index contributed by atoms with van der Waals surface area (Å²) >= 11 is 6.08. The molecule has 7 heteroatoms. The molecule has 0 radical (unpaired) electrons. The maximum absolute atomic E-state index is 11.7. The monoisotopic (exact) mass is 233 g/mol. The summed E-state index contributed by atoms with van der Waals surface area (Å²) in [6.07, 6.45) is 1.92. The van der Waals surface area contributed by atoms with E-state index in [4.69, 9.17) is 12.2 Å². The molecule has 0 fully saturated rings. The van der Waals surface area contributed by atoms with Gasteiger partial charge in [0.15, 0.2) is 0 Å². The number of halogens is 3. The largest absolute Gasteiger partial charge is 0.616 e. The van der Waals surface area contributed by atoms with Crippen molar-refractivity contribution in [3.63, 3.8) is 0 Å². The number of thioether (sulfide) groups is 1. The molecule has 1 nitrogen and oxygen atoms in total. The Balaban J connectivity index is 3.28. The molecule has 0 aliphatic carbocycles. The molecule has 0 aromatic heterocycles. The summed E-state index contributed by atoms with van der Waals surface area (Å²) in [6.45, 7) is 0.326. The molecule has 0 heterocycles. The van der Waals surface area contributed by atoms with Gasteiger partial charge in [0, 0.05) is 12.6 Å². The van der Waals surface area contributed by atoms with Gasteiger partial charge in [-0.15, -0.1) is 11.8 Å². The van der Waals surface area contributed by atoms with Crippen LogP contribution >= 0.6 is 24.0 Å². The standard InChI is InChI=1S/C5H10F3NS2Si/c1-11-5(10)9-3-2-4-12(6,7)8/h2-4H2,1H3,(H,9,10). The zero-order valence-corrected chi connectivity index (χ0v) is 9.20. The molecule has 0 aliphatic heterocycles. The first kappa shape index (κ1) is 12.2. The summed E-state index contributed by atoms with van der Waals surface area (Å²) in [7, 11) is -5.33. The van der Waals surface area contributed by atoms with Gasteiger partial charge >= 0.3 is 9.08 Å². The van der Waals surface area contributed by atoms with Crippen LogP contribution in [0.4, 0.5) is 12.3 Å². The first-order valence-corrected chi connectivity index (χ1v) is 6.81. The van der Waals surface area contributed by atoms with Crippen molar-refractivity contribution in [3.8, 4) is 0 Å². The Kier molecular flexibility index (Phi) is 5.94. The van der Waals surface area contributed by atoms with Gasteiger partial charge in [0.05, 0.1) is 0 Å². The van der Waals surface area contributed by atoms with E-state index in [2.05, 4.69) is 5.32 Å². The molecule has 0 unspecified atom stereocenters. The average Bonchev–Trinajstić information content (AvgIpc) is 1.96. The van der Waals surface area contributed by atoms with E-state index in [1.54, 1.807) is 6.26 Å². The first-order valence-electron chi connectivity index (χ1n) is 3.34. The lowest BCUT2D eigenvalue weighted by Gasteiger charge is -2.05. The zero-order valence-electron chi connectivity index (χ0n) is 6.57. The van der Waals surface area contributed by atoms with Crippen LogP contribution in [0.1, 0.15) is 6.42 Å². The second-order valence-electron chi connectivity index (χ2n) is 2.14. The fourth-order valence-electron chi connectivity index (χ4n) is 0.551. The maximum atomic E-state index is 11.7. The molecule has 72 valence electrons. The van der Waals surface area contributed by atoms with Crippen LogP contribution in [0.3, 0.4) is 0 Å². The summed E-state index contributed by atoms with van der Waals surface area (Å²) in [6, 6.07) is -0.614. The summed E-state index contributed by atoms with van der Waals surface area (Å²) in [5.74, 6) is 0. The lowest BCUT2D eigenvalue weighted by Crippen LogP contribution is -2.22. The van der Waals surface area contributed by atoms with E-state index in [0.717, 1.165) is 0 Å². The fourth-order valence-corrected chi connectivity index (χ4v) is 1.48. The third-order valence-electron chi connectivity index (χ3n) is 1.09. The SMILES string of the molecule is CSC(=S)NCCC[Si](F)(F)F. The van der Waals surface area contributed by atoms with Crippen molar-refractivity contribution in [2.45, 2.75) is 12.5 Å². The average molecular weight is 233 g/mol. The van der Waals surface area contributed by atoms with Crippen molar-refractivity contribution < 1.29 is 12.3 Å². The summed E-state index contributed by atoms with van der Waals surface area (Å²) in [5.41, 5.74) is 0. The molecule has 0 saturated carbocycles. The van der Waals surface area contributed by atoms with Gasteiger partial charge in [0.1, 0.15) is 4.32 Å². The van der Waals surface area contributed by atoms with Crippen molar-refractivity contribution in [2.24, 2.45) is 0 Å². The Morgan fingerprint density at radius 3 is 2.50 bits per heavy atom. The van der Waals surface area contributed by atoms with Crippen LogP contribution in [0.5, 0.6) is 0 Å². The molecule has 0 spiro atoms. The van der Waals surface area contributed by atoms with Crippen molar-refractivity contribution in [1.82, 2.24) is 5.32 Å². The molecule has 0 aromatic rings. The lowest BCUT2D eigenvalue weighted by atomic mass is 10.5. The number of thiocarbonyl (C=S) groups is 1. The van der Waals surface area contributed by atoms with Gasteiger partial charge in [-0.1, -0.05) is 12.2 Å². The normalized spacial score (nSPS) is 11.3. The highest BCUT2D eigenvalue weighted by atomic mass is 32.2. The van der Waals surface area contributed by atoms with Crippen LogP contribution in [-0.4, -0.2) is 26.2 Å². The summed E-state index contributed by atoms with van der Waals surface area (Å²) < 4.78 is 35.8. The fraction of sp³-hybridized carbons (Fsp3) is 0.800. The van der Waals surface area contributed by atoms with Crippen molar-refractivity contribution in [1.29, 1.82) is 0 Å². The molecule has 0 aromatic carbocycles. The van der Waals surface area contributed by atoms with Crippen LogP contribution in [0.15, 0.2) is 0 Å². The van der Waals surface area contributed by atoms with E-state index in [1.807, 2.05) is 0 Å². The van der Waals surface area contributed by atoms with Gasteiger partial charge in [-0.05, 0) is 12.7 Å². The second-order valence-corrected chi connectivity index (χ2v) is 5.35. The van der Waals surface area contributed by atoms with Crippen LogP contribution in [-0.2, 0) is 0 Å². The Morgan fingerprint density at radius 2 is 2.08 bits per heavy atom. The minimum atomic E-state index is -5.33. The molecule has 0 aliphatic rings. The lowest BCUT2D eigenvalue weighted by molar-refractivity contribution is 0.463. The van der Waals surface area contributed by atoms with E-state index in [0.29, 0.717) is 10.9 Å². The minimum absolute atomic E-state index is 0.135. The van der Waals surface area contributed by atoms with Crippen LogP contribution in [0.2, 0.25) is 6.04 Å². The topological polar surface area (TPSA) is 12.0 Å². The molecular formula is C5H10F3NS2Si. The van der Waals surface area contributed by atoms with Gasteiger partial charge in [0.25, 0.3) is 0 Å². The Labute approximate surface area is 80.6 Å². The van der Waals surface area contributed by atoms with Crippen LogP contribution in [0.25, 0.3) is 0 Å². The number of hydrogen-bond donors (Lipinski definition) is 1. The molecule has 0 bridgehead atoms. The second kappa shape index (κ2) is 5.82. The van der Waals surface area contributed by atoms with Gasteiger partial charge in [-0.2, -0.15) is 0 Å². The van der Waals surface area contributed by atoms with Crippen LogP contribution < -0.4 is 5.32 Å². The van der Waals surface area contributed by atoms with E-state index in [-0.39, 0.29) is 6.42 Å². The molecule has 0 atom stereocenters. The first-order chi connectivity index (χ1) is 5.45. The van der Waals surface area contributed by atoms with Crippen molar-refractivity contribution >= 4 is 37.4 Å². The molecule has 12 heavy (non-hydrogen) atoms. The molecule has 0 rings (SSSR count). The van der Waals surface area contributed by atoms with Gasteiger partial charge in [0.2, 0.25) is 0 Å². The Bertz CT molecular complexity index is 150. The summed E-state index contributed by atoms with van der Waals surface area (Å²) in [4.78, 5) is 0. The Morgan fingerprint density at radius 1 is 1.50 bits per heavy atom. The zero-order chi connectivity index (χ0) is 9.61. The quantitative estimate of drug-likeness (QED) is 0.347. The van der Waals surface area contributed by atoms with E-state index < -0.39 is 15.1 Å². The van der Waals surface area contributed by atoms with Crippen molar-refractivity contribution in [2.75, 3.05) is 12.8 Å².